The van der Waals surface area contributed by atoms with Gasteiger partial charge in [-0.3, -0.25) is 9.59 Å². The molecule has 2 amide bonds. The van der Waals surface area contributed by atoms with Crippen molar-refractivity contribution in [3.8, 4) is 5.75 Å². The zero-order valence-electron chi connectivity index (χ0n) is 13.5. The minimum absolute atomic E-state index is 0.00247. The highest BCUT2D eigenvalue weighted by atomic mass is 16.5. The average molecular weight is 304 g/mol. The first kappa shape index (κ1) is 16.3. The van der Waals surface area contributed by atoms with Gasteiger partial charge in [-0.05, 0) is 45.2 Å². The first-order valence-electron chi connectivity index (χ1n) is 7.79. The van der Waals surface area contributed by atoms with Crippen LogP contribution in [0.1, 0.15) is 40.0 Å². The number of hydrogen-bond acceptors (Lipinski definition) is 3. The zero-order valence-corrected chi connectivity index (χ0v) is 13.5. The number of rotatable bonds is 4. The Morgan fingerprint density at radius 3 is 2.50 bits per heavy atom. The summed E-state index contributed by atoms with van der Waals surface area (Å²) in [5, 5.41) is 2.71. The monoisotopic (exact) mass is 304 g/mol. The van der Waals surface area contributed by atoms with Crippen molar-refractivity contribution in [3.63, 3.8) is 0 Å². The second-order valence-electron chi connectivity index (χ2n) is 5.90. The van der Waals surface area contributed by atoms with Crippen LogP contribution in [0.4, 0.5) is 5.69 Å². The van der Waals surface area contributed by atoms with E-state index in [0.29, 0.717) is 11.4 Å². The Labute approximate surface area is 131 Å². The lowest BCUT2D eigenvalue weighted by atomic mass is 9.97. The van der Waals surface area contributed by atoms with E-state index in [2.05, 4.69) is 19.2 Å². The first-order chi connectivity index (χ1) is 10.5. The molecule has 0 saturated carbocycles. The second kappa shape index (κ2) is 7.29. The molecular formula is C17H24N2O3. The summed E-state index contributed by atoms with van der Waals surface area (Å²) in [5.74, 6) is 0.348. The smallest absolute Gasteiger partial charge is 0.260 e. The zero-order chi connectivity index (χ0) is 16.1. The summed E-state index contributed by atoms with van der Waals surface area (Å²) in [6, 6.07) is 7.65. The number of benzene rings is 1. The van der Waals surface area contributed by atoms with Gasteiger partial charge in [-0.1, -0.05) is 12.1 Å². The molecule has 0 aliphatic carbocycles. The van der Waals surface area contributed by atoms with Crippen LogP contribution in [0.25, 0.3) is 0 Å². The van der Waals surface area contributed by atoms with Crippen LogP contribution in [0, 0.1) is 0 Å². The fourth-order valence-electron chi connectivity index (χ4n) is 3.01. The minimum atomic E-state index is -0.166. The van der Waals surface area contributed by atoms with Gasteiger partial charge in [0.1, 0.15) is 5.75 Å². The number of ether oxygens (including phenoxy) is 1. The van der Waals surface area contributed by atoms with Gasteiger partial charge in [-0.15, -0.1) is 0 Å². The summed E-state index contributed by atoms with van der Waals surface area (Å²) < 4.78 is 5.64. The Morgan fingerprint density at radius 1 is 1.23 bits per heavy atom. The second-order valence-corrected chi connectivity index (χ2v) is 5.90. The number of anilines is 1. The molecule has 1 N–H and O–H groups in total. The van der Waals surface area contributed by atoms with Crippen molar-refractivity contribution in [3.05, 3.63) is 24.3 Å². The maximum Gasteiger partial charge on any atom is 0.260 e. The molecule has 5 nitrogen and oxygen atoms in total. The van der Waals surface area contributed by atoms with Crippen molar-refractivity contribution in [1.29, 1.82) is 0 Å². The molecule has 1 fully saturated rings. The number of carbonyl (C=O) groups is 2. The Hall–Kier alpha value is -2.04. The topological polar surface area (TPSA) is 58.6 Å². The summed E-state index contributed by atoms with van der Waals surface area (Å²) in [6.45, 7) is 5.60. The summed E-state index contributed by atoms with van der Waals surface area (Å²) in [6.07, 6.45) is 3.25. The van der Waals surface area contributed by atoms with E-state index in [1.165, 1.54) is 13.3 Å². The quantitative estimate of drug-likeness (QED) is 0.930. The predicted octanol–water partition coefficient (Wildman–Crippen LogP) is 2.81. The Balaban J connectivity index is 2.00. The van der Waals surface area contributed by atoms with Crippen LogP contribution in [0.5, 0.6) is 5.75 Å². The molecule has 1 heterocycles. The summed E-state index contributed by atoms with van der Waals surface area (Å²) in [4.78, 5) is 25.6. The lowest BCUT2D eigenvalue weighted by molar-refractivity contribution is -0.139. The van der Waals surface area contributed by atoms with E-state index in [1.807, 2.05) is 17.0 Å². The number of amides is 2. The van der Waals surface area contributed by atoms with Crippen molar-refractivity contribution >= 4 is 17.5 Å². The van der Waals surface area contributed by atoms with E-state index in [0.717, 1.165) is 12.8 Å². The molecule has 120 valence electrons. The fourth-order valence-corrected chi connectivity index (χ4v) is 3.01. The normalized spacial score (nSPS) is 21.3. The molecule has 1 aromatic rings. The Morgan fingerprint density at radius 2 is 1.86 bits per heavy atom. The van der Waals surface area contributed by atoms with Gasteiger partial charge in [0.05, 0.1) is 5.69 Å². The highest BCUT2D eigenvalue weighted by molar-refractivity contribution is 5.90. The average Bonchev–Trinajstić information content (AvgIpc) is 2.45. The Kier molecular flexibility index (Phi) is 5.41. The van der Waals surface area contributed by atoms with Crippen LogP contribution in [-0.4, -0.2) is 35.4 Å². The Bertz CT molecular complexity index is 534. The lowest BCUT2D eigenvalue weighted by Gasteiger charge is -2.39. The third-order valence-electron chi connectivity index (χ3n) is 4.03. The summed E-state index contributed by atoms with van der Waals surface area (Å²) in [7, 11) is 0. The number of para-hydroxylation sites is 2. The van der Waals surface area contributed by atoms with Crippen molar-refractivity contribution < 1.29 is 14.3 Å². The van der Waals surface area contributed by atoms with Crippen LogP contribution < -0.4 is 10.1 Å². The number of nitrogens with one attached hydrogen (secondary N) is 1. The molecule has 2 atom stereocenters. The van der Waals surface area contributed by atoms with E-state index in [1.54, 1.807) is 12.1 Å². The molecular weight excluding hydrogens is 280 g/mol. The molecule has 0 radical (unpaired) electrons. The van der Waals surface area contributed by atoms with Gasteiger partial charge in [0.15, 0.2) is 6.61 Å². The van der Waals surface area contributed by atoms with Gasteiger partial charge in [-0.2, -0.15) is 0 Å². The first-order valence-corrected chi connectivity index (χ1v) is 7.79. The molecule has 1 aliphatic heterocycles. The number of piperidine rings is 1. The van der Waals surface area contributed by atoms with Crippen molar-refractivity contribution in [2.75, 3.05) is 11.9 Å². The largest absolute Gasteiger partial charge is 0.482 e. The third kappa shape index (κ3) is 4.00. The predicted molar refractivity (Wildman–Crippen MR) is 85.9 cm³/mol. The fraction of sp³-hybridized carbons (Fsp3) is 0.529. The van der Waals surface area contributed by atoms with E-state index in [9.17, 15) is 9.59 Å². The number of hydrogen-bond donors (Lipinski definition) is 1. The van der Waals surface area contributed by atoms with Gasteiger partial charge in [-0.25, -0.2) is 0 Å². The minimum Gasteiger partial charge on any atom is -0.482 e. The molecule has 1 aliphatic rings. The van der Waals surface area contributed by atoms with E-state index in [4.69, 9.17) is 4.74 Å². The van der Waals surface area contributed by atoms with Gasteiger partial charge >= 0.3 is 0 Å². The maximum absolute atomic E-state index is 12.4. The van der Waals surface area contributed by atoms with Crippen LogP contribution in [0.3, 0.4) is 0 Å². The van der Waals surface area contributed by atoms with E-state index in [-0.39, 0.29) is 30.5 Å². The van der Waals surface area contributed by atoms with Gasteiger partial charge < -0.3 is 15.0 Å². The number of likely N-dealkylation sites (tertiary alicyclic amines) is 1. The summed E-state index contributed by atoms with van der Waals surface area (Å²) in [5.41, 5.74) is 0.586. The van der Waals surface area contributed by atoms with Crippen LogP contribution >= 0.6 is 0 Å². The van der Waals surface area contributed by atoms with Crippen molar-refractivity contribution in [2.24, 2.45) is 0 Å². The lowest BCUT2D eigenvalue weighted by Crippen LogP contribution is -2.49. The third-order valence-corrected chi connectivity index (χ3v) is 4.03. The molecule has 0 bridgehead atoms. The van der Waals surface area contributed by atoms with Crippen LogP contribution in [-0.2, 0) is 9.59 Å². The number of nitrogens with zero attached hydrogens (tertiary/aromatic N) is 1. The number of carbonyl (C=O) groups excluding carboxylic acids is 2. The van der Waals surface area contributed by atoms with E-state index < -0.39 is 0 Å². The standard InChI is InChI=1S/C17H24N2O3/c1-12-7-6-8-13(2)19(12)17(21)11-22-16-10-5-4-9-15(16)18-14(3)20/h4-5,9-10,12-13H,6-8,11H2,1-3H3,(H,18,20)/t12-,13-/m0/s1. The molecule has 0 unspecified atom stereocenters. The van der Waals surface area contributed by atoms with Crippen LogP contribution in [0.15, 0.2) is 24.3 Å². The van der Waals surface area contributed by atoms with Gasteiger partial charge in [0, 0.05) is 19.0 Å². The molecule has 1 aromatic carbocycles. The van der Waals surface area contributed by atoms with Gasteiger partial charge in [0.25, 0.3) is 5.91 Å². The molecule has 5 heteroatoms. The maximum atomic E-state index is 12.4. The van der Waals surface area contributed by atoms with Crippen molar-refractivity contribution in [1.82, 2.24) is 4.90 Å². The van der Waals surface area contributed by atoms with Crippen LogP contribution in [0.2, 0.25) is 0 Å². The molecule has 0 aromatic heterocycles. The molecule has 2 rings (SSSR count). The SMILES string of the molecule is CC(=O)Nc1ccccc1OCC(=O)N1[C@@H](C)CCC[C@@H]1C. The highest BCUT2D eigenvalue weighted by Gasteiger charge is 2.29. The highest BCUT2D eigenvalue weighted by Crippen LogP contribution is 2.25. The van der Waals surface area contributed by atoms with Crippen molar-refractivity contribution in [2.45, 2.75) is 52.1 Å². The van der Waals surface area contributed by atoms with Gasteiger partial charge in [0.2, 0.25) is 5.91 Å². The van der Waals surface area contributed by atoms with E-state index >= 15 is 0 Å². The molecule has 0 spiro atoms. The molecule has 1 saturated heterocycles. The summed E-state index contributed by atoms with van der Waals surface area (Å²) >= 11 is 0. The molecule has 22 heavy (non-hydrogen) atoms.